The van der Waals surface area contributed by atoms with Gasteiger partial charge >= 0.3 is 5.97 Å². The average Bonchev–Trinajstić information content (AvgIpc) is 2.85. The van der Waals surface area contributed by atoms with Crippen molar-refractivity contribution in [2.45, 2.75) is 64.7 Å². The van der Waals surface area contributed by atoms with Gasteiger partial charge in [0.05, 0.1) is 23.9 Å². The van der Waals surface area contributed by atoms with Gasteiger partial charge in [0.1, 0.15) is 0 Å². The molecule has 1 aromatic rings. The highest BCUT2D eigenvalue weighted by Crippen LogP contribution is 2.30. The van der Waals surface area contributed by atoms with Crippen molar-refractivity contribution in [1.29, 1.82) is 0 Å². The monoisotopic (exact) mass is 267 g/mol. The van der Waals surface area contributed by atoms with Crippen molar-refractivity contribution in [3.05, 3.63) is 11.4 Å². The number of hydrogen-bond acceptors (Lipinski definition) is 4. The number of hydrogen-bond donors (Lipinski definition) is 1. The molecule has 0 saturated carbocycles. The lowest BCUT2D eigenvalue weighted by atomic mass is 10.1. The molecule has 1 fully saturated rings. The molecule has 1 saturated heterocycles. The normalized spacial score (nSPS) is 21.7. The van der Waals surface area contributed by atoms with Gasteiger partial charge in [-0.25, -0.2) is 9.48 Å². The highest BCUT2D eigenvalue weighted by molar-refractivity contribution is 5.86. The van der Waals surface area contributed by atoms with E-state index in [1.165, 1.54) is 0 Å². The van der Waals surface area contributed by atoms with Crippen LogP contribution in [-0.2, 0) is 17.7 Å². The number of aromatic nitrogens is 3. The van der Waals surface area contributed by atoms with E-state index in [9.17, 15) is 4.79 Å². The highest BCUT2D eigenvalue weighted by atomic mass is 16.5. The van der Waals surface area contributed by atoms with Crippen molar-refractivity contribution in [2.24, 2.45) is 0 Å². The Morgan fingerprint density at radius 1 is 1.58 bits per heavy atom. The van der Waals surface area contributed by atoms with Crippen molar-refractivity contribution in [1.82, 2.24) is 15.0 Å². The minimum absolute atomic E-state index is 0.0686. The van der Waals surface area contributed by atoms with Crippen LogP contribution in [0.4, 0.5) is 0 Å². The van der Waals surface area contributed by atoms with Crippen LogP contribution in [0.25, 0.3) is 0 Å². The van der Waals surface area contributed by atoms with E-state index in [4.69, 9.17) is 9.84 Å². The van der Waals surface area contributed by atoms with Gasteiger partial charge in [0.15, 0.2) is 5.69 Å². The van der Waals surface area contributed by atoms with Crippen molar-refractivity contribution < 1.29 is 14.6 Å². The fourth-order valence-electron chi connectivity index (χ4n) is 2.53. The Balaban J connectivity index is 2.14. The van der Waals surface area contributed by atoms with Crippen LogP contribution < -0.4 is 0 Å². The summed E-state index contributed by atoms with van der Waals surface area (Å²) in [5, 5.41) is 16.8. The quantitative estimate of drug-likeness (QED) is 0.881. The number of carboxylic acid groups (broad SMARTS) is 1. The Kier molecular flexibility index (Phi) is 3.89. The molecule has 106 valence electrons. The van der Waals surface area contributed by atoms with Crippen LogP contribution in [0.1, 0.15) is 56.2 Å². The number of rotatable bonds is 5. The van der Waals surface area contributed by atoms with Gasteiger partial charge in [0.2, 0.25) is 0 Å². The third kappa shape index (κ3) is 3.12. The van der Waals surface area contributed by atoms with E-state index < -0.39 is 5.97 Å². The zero-order valence-electron chi connectivity index (χ0n) is 11.7. The zero-order chi connectivity index (χ0) is 14.0. The molecule has 19 heavy (non-hydrogen) atoms. The molecule has 1 N–H and O–H groups in total. The van der Waals surface area contributed by atoms with Crippen LogP contribution in [0, 0.1) is 0 Å². The Morgan fingerprint density at radius 2 is 2.32 bits per heavy atom. The van der Waals surface area contributed by atoms with Crippen LogP contribution in [0.5, 0.6) is 0 Å². The largest absolute Gasteiger partial charge is 0.476 e. The van der Waals surface area contributed by atoms with Crippen molar-refractivity contribution >= 4 is 5.97 Å². The van der Waals surface area contributed by atoms with Gasteiger partial charge in [0.25, 0.3) is 0 Å². The molecule has 0 amide bonds. The third-order valence-corrected chi connectivity index (χ3v) is 3.46. The molecule has 2 rings (SSSR count). The Bertz CT molecular complexity index is 468. The second kappa shape index (κ2) is 5.28. The molecular weight excluding hydrogens is 246 g/mol. The number of aromatic carboxylic acids is 1. The molecule has 1 aliphatic heterocycles. The van der Waals surface area contributed by atoms with Gasteiger partial charge < -0.3 is 9.84 Å². The van der Waals surface area contributed by atoms with Crippen LogP contribution in [-0.4, -0.2) is 37.8 Å². The molecule has 1 atom stereocenters. The number of nitrogens with zero attached hydrogens (tertiary/aromatic N) is 3. The number of ether oxygens (including phenoxy) is 1. The van der Waals surface area contributed by atoms with Crippen LogP contribution in [0.15, 0.2) is 0 Å². The Labute approximate surface area is 112 Å². The summed E-state index contributed by atoms with van der Waals surface area (Å²) in [6, 6.07) is 0. The highest BCUT2D eigenvalue weighted by Gasteiger charge is 2.32. The molecule has 0 aliphatic carbocycles. The van der Waals surface area contributed by atoms with E-state index in [0.717, 1.165) is 19.3 Å². The summed E-state index contributed by atoms with van der Waals surface area (Å²) < 4.78 is 7.61. The van der Waals surface area contributed by atoms with Gasteiger partial charge in [0, 0.05) is 0 Å². The molecule has 0 aromatic carbocycles. The van der Waals surface area contributed by atoms with Crippen molar-refractivity contribution in [2.75, 3.05) is 0 Å². The molecular formula is C13H21N3O3. The molecule has 0 bridgehead atoms. The van der Waals surface area contributed by atoms with E-state index in [0.29, 0.717) is 18.7 Å². The topological polar surface area (TPSA) is 77.2 Å². The van der Waals surface area contributed by atoms with E-state index in [2.05, 4.69) is 24.2 Å². The third-order valence-electron chi connectivity index (χ3n) is 3.46. The maximum Gasteiger partial charge on any atom is 0.358 e. The van der Waals surface area contributed by atoms with E-state index >= 15 is 0 Å². The molecule has 0 spiro atoms. The lowest BCUT2D eigenvalue weighted by molar-refractivity contribution is -0.0234. The van der Waals surface area contributed by atoms with Gasteiger partial charge in [-0.3, -0.25) is 0 Å². The summed E-state index contributed by atoms with van der Waals surface area (Å²) in [5.41, 5.74) is 0.675. The molecule has 1 aliphatic rings. The van der Waals surface area contributed by atoms with Crippen LogP contribution in [0.2, 0.25) is 0 Å². The Hall–Kier alpha value is -1.43. The molecule has 2 heterocycles. The zero-order valence-corrected chi connectivity index (χ0v) is 11.7. The smallest absolute Gasteiger partial charge is 0.358 e. The van der Waals surface area contributed by atoms with Crippen LogP contribution >= 0.6 is 0 Å². The molecule has 1 aromatic heterocycles. The first-order valence-electron chi connectivity index (χ1n) is 6.76. The summed E-state index contributed by atoms with van der Waals surface area (Å²) in [5.74, 6) is -1.01. The average molecular weight is 267 g/mol. The van der Waals surface area contributed by atoms with Gasteiger partial charge in [-0.05, 0) is 33.1 Å². The number of carboxylic acids is 1. The van der Waals surface area contributed by atoms with Gasteiger partial charge in [-0.15, -0.1) is 5.10 Å². The first-order chi connectivity index (χ1) is 8.93. The van der Waals surface area contributed by atoms with Crippen molar-refractivity contribution in [3.8, 4) is 0 Å². The second-order valence-electron chi connectivity index (χ2n) is 5.66. The molecule has 6 heteroatoms. The first-order valence-corrected chi connectivity index (χ1v) is 6.76. The summed E-state index contributed by atoms with van der Waals surface area (Å²) in [6.45, 7) is 6.74. The molecule has 1 unspecified atom stereocenters. The summed E-state index contributed by atoms with van der Waals surface area (Å²) in [7, 11) is 0. The SMILES string of the molecule is CCCc1c(C(=O)O)nnn1CC1CCC(C)(C)O1. The van der Waals surface area contributed by atoms with E-state index in [1.807, 2.05) is 6.92 Å². The van der Waals surface area contributed by atoms with E-state index in [-0.39, 0.29) is 17.4 Å². The van der Waals surface area contributed by atoms with Crippen molar-refractivity contribution in [3.63, 3.8) is 0 Å². The second-order valence-corrected chi connectivity index (χ2v) is 5.66. The standard InChI is InChI=1S/C13H21N3O3/c1-4-5-10-11(12(17)18)14-15-16(10)8-9-6-7-13(2,3)19-9/h9H,4-8H2,1-3H3,(H,17,18). The lowest BCUT2D eigenvalue weighted by Gasteiger charge is -2.19. The fourth-order valence-corrected chi connectivity index (χ4v) is 2.53. The fraction of sp³-hybridized carbons (Fsp3) is 0.769. The maximum absolute atomic E-state index is 11.1. The first kappa shape index (κ1) is 14.0. The number of carbonyl (C=O) groups is 1. The minimum Gasteiger partial charge on any atom is -0.476 e. The summed E-state index contributed by atoms with van der Waals surface area (Å²) in [4.78, 5) is 11.1. The Morgan fingerprint density at radius 3 is 2.84 bits per heavy atom. The minimum atomic E-state index is -1.01. The lowest BCUT2D eigenvalue weighted by Crippen LogP contribution is -2.24. The molecule has 0 radical (unpaired) electrons. The van der Waals surface area contributed by atoms with E-state index in [1.54, 1.807) is 4.68 Å². The summed E-state index contributed by atoms with van der Waals surface area (Å²) in [6.07, 6.45) is 3.62. The van der Waals surface area contributed by atoms with Gasteiger partial charge in [-0.1, -0.05) is 18.6 Å². The van der Waals surface area contributed by atoms with Crippen LogP contribution in [0.3, 0.4) is 0 Å². The maximum atomic E-state index is 11.1. The van der Waals surface area contributed by atoms with Gasteiger partial charge in [-0.2, -0.15) is 0 Å². The molecule has 6 nitrogen and oxygen atoms in total. The predicted molar refractivity (Wildman–Crippen MR) is 69.2 cm³/mol. The predicted octanol–water partition coefficient (Wildman–Crippen LogP) is 1.89. The summed E-state index contributed by atoms with van der Waals surface area (Å²) >= 11 is 0.